The normalized spacial score (nSPS) is 10.4. The van der Waals surface area contributed by atoms with Gasteiger partial charge in [0, 0.05) is 24.3 Å². The maximum absolute atomic E-state index is 5.94. The number of ether oxygens (including phenoxy) is 1. The molecular weight excluding hydrogens is 250 g/mol. The Hall–Kier alpha value is -1.68. The topological polar surface area (TPSA) is 39.1 Å². The molecule has 0 aliphatic heterocycles. The summed E-state index contributed by atoms with van der Waals surface area (Å²) >= 11 is 5.94. The summed E-state index contributed by atoms with van der Waals surface area (Å²) in [6, 6.07) is 7.63. The van der Waals surface area contributed by atoms with E-state index in [1.807, 2.05) is 38.2 Å². The van der Waals surface area contributed by atoms with Crippen molar-refractivity contribution in [2.45, 2.75) is 13.5 Å². The van der Waals surface area contributed by atoms with Gasteiger partial charge in [-0.1, -0.05) is 17.7 Å². The van der Waals surface area contributed by atoms with Crippen molar-refractivity contribution in [1.82, 2.24) is 9.78 Å². The van der Waals surface area contributed by atoms with Crippen LogP contribution in [0.5, 0.6) is 5.88 Å². The van der Waals surface area contributed by atoms with Crippen molar-refractivity contribution in [3.8, 4) is 5.88 Å². The summed E-state index contributed by atoms with van der Waals surface area (Å²) in [6.45, 7) is 2.63. The lowest BCUT2D eigenvalue weighted by Gasteiger charge is -2.08. The van der Waals surface area contributed by atoms with E-state index in [0.29, 0.717) is 6.54 Å². The first-order valence-corrected chi connectivity index (χ1v) is 6.05. The van der Waals surface area contributed by atoms with Crippen LogP contribution in [0.2, 0.25) is 5.02 Å². The standard InChI is InChI=1S/C13H16ClN3O/c1-9-12(13(18-3)17(2)16-9)8-15-11-6-4-5-10(14)7-11/h4-7,15H,8H2,1-3H3. The van der Waals surface area contributed by atoms with Crippen LogP contribution in [-0.4, -0.2) is 16.9 Å². The van der Waals surface area contributed by atoms with Gasteiger partial charge in [0.2, 0.25) is 5.88 Å². The van der Waals surface area contributed by atoms with Gasteiger partial charge in [-0.25, -0.2) is 4.68 Å². The molecule has 1 aromatic heterocycles. The summed E-state index contributed by atoms with van der Waals surface area (Å²) in [6.07, 6.45) is 0. The van der Waals surface area contributed by atoms with Gasteiger partial charge in [0.05, 0.1) is 18.4 Å². The molecule has 0 aliphatic rings. The number of halogens is 1. The molecule has 0 bridgehead atoms. The molecule has 96 valence electrons. The first-order valence-electron chi connectivity index (χ1n) is 5.67. The highest BCUT2D eigenvalue weighted by Gasteiger charge is 2.13. The first kappa shape index (κ1) is 12.8. The molecule has 2 aromatic rings. The zero-order valence-electron chi connectivity index (χ0n) is 10.7. The van der Waals surface area contributed by atoms with Gasteiger partial charge in [0.25, 0.3) is 0 Å². The maximum Gasteiger partial charge on any atom is 0.216 e. The second-order valence-electron chi connectivity index (χ2n) is 4.06. The van der Waals surface area contributed by atoms with Gasteiger partial charge in [0.15, 0.2) is 0 Å². The molecule has 1 aromatic carbocycles. The Labute approximate surface area is 112 Å². The van der Waals surface area contributed by atoms with Gasteiger partial charge >= 0.3 is 0 Å². The number of hydrogen-bond acceptors (Lipinski definition) is 3. The Balaban J connectivity index is 2.15. The molecule has 0 saturated heterocycles. The van der Waals surface area contributed by atoms with E-state index < -0.39 is 0 Å². The molecule has 0 radical (unpaired) electrons. The van der Waals surface area contributed by atoms with Crippen molar-refractivity contribution in [2.75, 3.05) is 12.4 Å². The molecule has 0 atom stereocenters. The van der Waals surface area contributed by atoms with Crippen LogP contribution in [0.4, 0.5) is 5.69 Å². The fourth-order valence-electron chi connectivity index (χ4n) is 1.93. The van der Waals surface area contributed by atoms with Crippen LogP contribution in [0.25, 0.3) is 0 Å². The van der Waals surface area contributed by atoms with Gasteiger partial charge in [-0.2, -0.15) is 5.10 Å². The van der Waals surface area contributed by atoms with Gasteiger partial charge in [-0.15, -0.1) is 0 Å². The van der Waals surface area contributed by atoms with Crippen LogP contribution < -0.4 is 10.1 Å². The van der Waals surface area contributed by atoms with Crippen molar-refractivity contribution < 1.29 is 4.74 Å². The van der Waals surface area contributed by atoms with E-state index >= 15 is 0 Å². The fourth-order valence-corrected chi connectivity index (χ4v) is 2.12. The van der Waals surface area contributed by atoms with Gasteiger partial charge in [-0.3, -0.25) is 0 Å². The number of benzene rings is 1. The van der Waals surface area contributed by atoms with Crippen LogP contribution in [0, 0.1) is 6.92 Å². The zero-order valence-corrected chi connectivity index (χ0v) is 11.5. The minimum Gasteiger partial charge on any atom is -0.481 e. The third-order valence-electron chi connectivity index (χ3n) is 2.78. The molecule has 4 nitrogen and oxygen atoms in total. The molecule has 0 saturated carbocycles. The minimum absolute atomic E-state index is 0.656. The molecule has 0 amide bonds. The fraction of sp³-hybridized carbons (Fsp3) is 0.308. The van der Waals surface area contributed by atoms with Crippen LogP contribution in [0.1, 0.15) is 11.3 Å². The van der Waals surface area contributed by atoms with E-state index in [9.17, 15) is 0 Å². The number of nitrogens with one attached hydrogen (secondary N) is 1. The molecule has 5 heteroatoms. The smallest absolute Gasteiger partial charge is 0.216 e. The molecule has 0 spiro atoms. The second-order valence-corrected chi connectivity index (χ2v) is 4.50. The molecular formula is C13H16ClN3O. The summed E-state index contributed by atoms with van der Waals surface area (Å²) in [4.78, 5) is 0. The van der Waals surface area contributed by atoms with Crippen molar-refractivity contribution in [3.05, 3.63) is 40.5 Å². The predicted octanol–water partition coefficient (Wildman–Crippen LogP) is 3.00. The third-order valence-corrected chi connectivity index (χ3v) is 3.01. The van der Waals surface area contributed by atoms with Crippen LogP contribution in [0.15, 0.2) is 24.3 Å². The average molecular weight is 266 g/mol. The summed E-state index contributed by atoms with van der Waals surface area (Å²) in [5.74, 6) is 0.780. The maximum atomic E-state index is 5.94. The van der Waals surface area contributed by atoms with Crippen molar-refractivity contribution in [3.63, 3.8) is 0 Å². The summed E-state index contributed by atoms with van der Waals surface area (Å²) in [5.41, 5.74) is 3.00. The second kappa shape index (κ2) is 5.31. The van der Waals surface area contributed by atoms with E-state index in [1.165, 1.54) is 0 Å². The highest BCUT2D eigenvalue weighted by molar-refractivity contribution is 6.30. The van der Waals surface area contributed by atoms with E-state index in [1.54, 1.807) is 11.8 Å². The van der Waals surface area contributed by atoms with Crippen molar-refractivity contribution >= 4 is 17.3 Å². The Kier molecular flexibility index (Phi) is 3.77. The predicted molar refractivity (Wildman–Crippen MR) is 73.3 cm³/mol. The molecule has 1 heterocycles. The highest BCUT2D eigenvalue weighted by Crippen LogP contribution is 2.23. The van der Waals surface area contributed by atoms with E-state index in [4.69, 9.17) is 16.3 Å². The van der Waals surface area contributed by atoms with E-state index in [-0.39, 0.29) is 0 Å². The summed E-state index contributed by atoms with van der Waals surface area (Å²) < 4.78 is 7.08. The van der Waals surface area contributed by atoms with Gasteiger partial charge < -0.3 is 10.1 Å². The number of aryl methyl sites for hydroxylation is 2. The molecule has 2 rings (SSSR count). The lowest BCUT2D eigenvalue weighted by atomic mass is 10.2. The van der Waals surface area contributed by atoms with Gasteiger partial charge in [0.1, 0.15) is 0 Å². The number of methoxy groups -OCH3 is 1. The van der Waals surface area contributed by atoms with Gasteiger partial charge in [-0.05, 0) is 25.1 Å². The van der Waals surface area contributed by atoms with Crippen LogP contribution in [0.3, 0.4) is 0 Å². The van der Waals surface area contributed by atoms with Crippen molar-refractivity contribution in [2.24, 2.45) is 7.05 Å². The SMILES string of the molecule is COc1c(CNc2cccc(Cl)c2)c(C)nn1C. The number of anilines is 1. The Bertz CT molecular complexity index is 551. The number of rotatable bonds is 4. The molecule has 0 unspecified atom stereocenters. The monoisotopic (exact) mass is 265 g/mol. The van der Waals surface area contributed by atoms with E-state index in [2.05, 4.69) is 10.4 Å². The number of nitrogens with zero attached hydrogens (tertiary/aromatic N) is 2. The van der Waals surface area contributed by atoms with Crippen molar-refractivity contribution in [1.29, 1.82) is 0 Å². The number of hydrogen-bond donors (Lipinski definition) is 1. The largest absolute Gasteiger partial charge is 0.481 e. The summed E-state index contributed by atoms with van der Waals surface area (Å²) in [7, 11) is 3.52. The molecule has 0 fully saturated rings. The third kappa shape index (κ3) is 2.59. The Morgan fingerprint density at radius 3 is 2.89 bits per heavy atom. The Morgan fingerprint density at radius 1 is 1.44 bits per heavy atom. The minimum atomic E-state index is 0.656. The Morgan fingerprint density at radius 2 is 2.22 bits per heavy atom. The first-order chi connectivity index (χ1) is 8.61. The van der Waals surface area contributed by atoms with E-state index in [0.717, 1.165) is 27.8 Å². The molecule has 1 N–H and O–H groups in total. The van der Waals surface area contributed by atoms with Crippen LogP contribution >= 0.6 is 11.6 Å². The molecule has 0 aliphatic carbocycles. The highest BCUT2D eigenvalue weighted by atomic mass is 35.5. The number of aromatic nitrogens is 2. The lowest BCUT2D eigenvalue weighted by Crippen LogP contribution is -2.02. The summed E-state index contributed by atoms with van der Waals surface area (Å²) in [5, 5.41) is 8.37. The van der Waals surface area contributed by atoms with Crippen LogP contribution in [-0.2, 0) is 13.6 Å². The molecule has 18 heavy (non-hydrogen) atoms. The quantitative estimate of drug-likeness (QED) is 0.924. The lowest BCUT2D eigenvalue weighted by molar-refractivity contribution is 0.370. The average Bonchev–Trinajstić information content (AvgIpc) is 2.60. The zero-order chi connectivity index (χ0) is 13.1.